The number of rotatable bonds is 10. The van der Waals surface area contributed by atoms with Crippen LogP contribution in [0.2, 0.25) is 0 Å². The highest BCUT2D eigenvalue weighted by Crippen LogP contribution is 2.02. The van der Waals surface area contributed by atoms with Crippen LogP contribution >= 0.6 is 0 Å². The van der Waals surface area contributed by atoms with Crippen LogP contribution in [0.1, 0.15) is 45.4 Å². The number of Topliss-reactive ketones (excluding diaryl/α,β-unsaturated/α-hetero) is 1. The van der Waals surface area contributed by atoms with E-state index in [4.69, 9.17) is 10.2 Å². The molecule has 0 radical (unpaired) electrons. The van der Waals surface area contributed by atoms with Crippen molar-refractivity contribution in [1.29, 1.82) is 0 Å². The fourth-order valence-corrected chi connectivity index (χ4v) is 1.47. The standard InChI is InChI=1S/C12H21NO5/c1-2-3-4-5-9(15)8-11(16)13-10(6-7-14)12(17)18/h10,14H,2-8H2,1H3,(H,13,16)(H,17,18)/t10-/m1/s1. The number of carboxylic acids is 1. The maximum atomic E-state index is 11.4. The molecule has 0 aromatic heterocycles. The second kappa shape index (κ2) is 9.58. The number of hydrogen-bond acceptors (Lipinski definition) is 4. The lowest BCUT2D eigenvalue weighted by molar-refractivity contribution is -0.143. The number of carboxylic acid groups (broad SMARTS) is 1. The predicted molar refractivity (Wildman–Crippen MR) is 65.0 cm³/mol. The van der Waals surface area contributed by atoms with Crippen LogP contribution in [0.5, 0.6) is 0 Å². The molecule has 0 aromatic rings. The van der Waals surface area contributed by atoms with Crippen LogP contribution in [-0.2, 0) is 14.4 Å². The van der Waals surface area contributed by atoms with Crippen molar-refractivity contribution in [2.24, 2.45) is 0 Å². The molecule has 6 heteroatoms. The highest BCUT2D eigenvalue weighted by Gasteiger charge is 2.20. The molecule has 0 bridgehead atoms. The molecule has 0 spiro atoms. The summed E-state index contributed by atoms with van der Waals surface area (Å²) in [5.74, 6) is -2.00. The van der Waals surface area contributed by atoms with Crippen LogP contribution in [0.4, 0.5) is 0 Å². The monoisotopic (exact) mass is 259 g/mol. The van der Waals surface area contributed by atoms with Crippen LogP contribution in [-0.4, -0.2) is 40.5 Å². The summed E-state index contributed by atoms with van der Waals surface area (Å²) < 4.78 is 0. The molecule has 1 amide bonds. The molecule has 3 N–H and O–H groups in total. The van der Waals surface area contributed by atoms with Gasteiger partial charge in [0.2, 0.25) is 5.91 Å². The van der Waals surface area contributed by atoms with Gasteiger partial charge in [-0.1, -0.05) is 19.8 Å². The summed E-state index contributed by atoms with van der Waals surface area (Å²) in [5, 5.41) is 19.6. The second-order valence-corrected chi connectivity index (χ2v) is 4.14. The number of unbranched alkanes of at least 4 members (excludes halogenated alkanes) is 2. The number of hydrogen-bond donors (Lipinski definition) is 3. The van der Waals surface area contributed by atoms with E-state index in [1.807, 2.05) is 6.92 Å². The number of aliphatic carboxylic acids is 1. The van der Waals surface area contributed by atoms with E-state index in [0.717, 1.165) is 19.3 Å². The van der Waals surface area contributed by atoms with Gasteiger partial charge in [0.05, 0.1) is 6.42 Å². The van der Waals surface area contributed by atoms with E-state index in [2.05, 4.69) is 5.32 Å². The number of ketones is 1. The third-order valence-corrected chi connectivity index (χ3v) is 2.47. The Hall–Kier alpha value is -1.43. The quantitative estimate of drug-likeness (QED) is 0.391. The average Bonchev–Trinajstić information content (AvgIpc) is 2.28. The fourth-order valence-electron chi connectivity index (χ4n) is 1.47. The van der Waals surface area contributed by atoms with Gasteiger partial charge >= 0.3 is 5.97 Å². The highest BCUT2D eigenvalue weighted by molar-refractivity contribution is 5.99. The Morgan fingerprint density at radius 3 is 2.39 bits per heavy atom. The Labute approximate surface area is 106 Å². The molecule has 18 heavy (non-hydrogen) atoms. The van der Waals surface area contributed by atoms with Gasteiger partial charge in [-0.05, 0) is 6.42 Å². The zero-order valence-corrected chi connectivity index (χ0v) is 10.6. The van der Waals surface area contributed by atoms with Crippen molar-refractivity contribution < 1.29 is 24.6 Å². The lowest BCUT2D eigenvalue weighted by atomic mass is 10.1. The van der Waals surface area contributed by atoms with Gasteiger partial charge in [-0.2, -0.15) is 0 Å². The summed E-state index contributed by atoms with van der Waals surface area (Å²) in [6, 6.07) is -1.13. The van der Waals surface area contributed by atoms with Crippen LogP contribution in [0, 0.1) is 0 Å². The molecule has 0 fully saturated rings. The Morgan fingerprint density at radius 1 is 1.22 bits per heavy atom. The summed E-state index contributed by atoms with van der Waals surface area (Å²) in [5.41, 5.74) is 0. The summed E-state index contributed by atoms with van der Waals surface area (Å²) >= 11 is 0. The van der Waals surface area contributed by atoms with Gasteiger partial charge in [-0.25, -0.2) is 4.79 Å². The predicted octanol–water partition coefficient (Wildman–Crippen LogP) is 0.478. The molecule has 0 saturated heterocycles. The summed E-state index contributed by atoms with van der Waals surface area (Å²) in [6.07, 6.45) is 2.68. The maximum absolute atomic E-state index is 11.4. The van der Waals surface area contributed by atoms with Gasteiger partial charge in [0.1, 0.15) is 11.8 Å². The first kappa shape index (κ1) is 16.6. The number of carbonyl (C=O) groups is 3. The molecule has 1 atom stereocenters. The van der Waals surface area contributed by atoms with E-state index in [1.54, 1.807) is 0 Å². The summed E-state index contributed by atoms with van der Waals surface area (Å²) in [4.78, 5) is 33.5. The molecule has 0 rings (SSSR count). The number of nitrogens with one attached hydrogen (secondary N) is 1. The molecule has 0 unspecified atom stereocenters. The Kier molecular flexibility index (Phi) is 8.82. The van der Waals surface area contributed by atoms with Crippen molar-refractivity contribution in [2.45, 2.75) is 51.5 Å². The van der Waals surface area contributed by atoms with Gasteiger partial charge in [0.25, 0.3) is 0 Å². The van der Waals surface area contributed by atoms with Crippen molar-refractivity contribution in [3.63, 3.8) is 0 Å². The minimum Gasteiger partial charge on any atom is -0.480 e. The number of aliphatic hydroxyl groups excluding tert-OH is 1. The molecule has 0 aromatic carbocycles. The van der Waals surface area contributed by atoms with E-state index in [1.165, 1.54) is 0 Å². The Morgan fingerprint density at radius 2 is 1.89 bits per heavy atom. The van der Waals surface area contributed by atoms with Crippen molar-refractivity contribution in [3.05, 3.63) is 0 Å². The van der Waals surface area contributed by atoms with E-state index in [9.17, 15) is 14.4 Å². The average molecular weight is 259 g/mol. The lowest BCUT2D eigenvalue weighted by Gasteiger charge is -2.12. The largest absolute Gasteiger partial charge is 0.480 e. The molecule has 0 saturated carbocycles. The number of amides is 1. The molecule has 6 nitrogen and oxygen atoms in total. The zero-order valence-electron chi connectivity index (χ0n) is 10.6. The fraction of sp³-hybridized carbons (Fsp3) is 0.750. The first-order chi connectivity index (χ1) is 8.51. The Balaban J connectivity index is 4.00. The molecular formula is C12H21NO5. The Bertz CT molecular complexity index is 290. The van der Waals surface area contributed by atoms with Crippen LogP contribution in [0.15, 0.2) is 0 Å². The van der Waals surface area contributed by atoms with Crippen molar-refractivity contribution in [2.75, 3.05) is 6.61 Å². The SMILES string of the molecule is CCCCCC(=O)CC(=O)N[C@H](CCO)C(=O)O. The van der Waals surface area contributed by atoms with Crippen molar-refractivity contribution in [1.82, 2.24) is 5.32 Å². The molecular weight excluding hydrogens is 238 g/mol. The second-order valence-electron chi connectivity index (χ2n) is 4.14. The van der Waals surface area contributed by atoms with E-state index in [-0.39, 0.29) is 25.2 Å². The third kappa shape index (κ3) is 7.78. The smallest absolute Gasteiger partial charge is 0.326 e. The number of carbonyl (C=O) groups excluding carboxylic acids is 2. The zero-order chi connectivity index (χ0) is 14.0. The topological polar surface area (TPSA) is 104 Å². The molecule has 104 valence electrons. The van der Waals surface area contributed by atoms with Crippen LogP contribution in [0.3, 0.4) is 0 Å². The maximum Gasteiger partial charge on any atom is 0.326 e. The lowest BCUT2D eigenvalue weighted by Crippen LogP contribution is -2.42. The van der Waals surface area contributed by atoms with Crippen molar-refractivity contribution in [3.8, 4) is 0 Å². The van der Waals surface area contributed by atoms with Crippen molar-refractivity contribution >= 4 is 17.7 Å². The molecule has 0 aliphatic carbocycles. The normalized spacial score (nSPS) is 11.9. The highest BCUT2D eigenvalue weighted by atomic mass is 16.4. The molecule has 0 heterocycles. The number of aliphatic hydroxyl groups is 1. The van der Waals surface area contributed by atoms with E-state index in [0.29, 0.717) is 6.42 Å². The van der Waals surface area contributed by atoms with E-state index < -0.39 is 17.9 Å². The van der Waals surface area contributed by atoms with Crippen LogP contribution < -0.4 is 5.32 Å². The molecule has 0 aliphatic heterocycles. The third-order valence-electron chi connectivity index (χ3n) is 2.47. The first-order valence-electron chi connectivity index (χ1n) is 6.16. The van der Waals surface area contributed by atoms with Gasteiger partial charge in [-0.15, -0.1) is 0 Å². The van der Waals surface area contributed by atoms with Gasteiger partial charge in [0.15, 0.2) is 0 Å². The van der Waals surface area contributed by atoms with E-state index >= 15 is 0 Å². The summed E-state index contributed by atoms with van der Waals surface area (Å²) in [6.45, 7) is 1.69. The first-order valence-corrected chi connectivity index (χ1v) is 6.16. The molecule has 0 aliphatic rings. The van der Waals surface area contributed by atoms with Gasteiger partial charge in [0, 0.05) is 19.4 Å². The van der Waals surface area contributed by atoms with Gasteiger partial charge in [-0.3, -0.25) is 9.59 Å². The minimum atomic E-state index is -1.21. The summed E-state index contributed by atoms with van der Waals surface area (Å²) in [7, 11) is 0. The van der Waals surface area contributed by atoms with Gasteiger partial charge < -0.3 is 15.5 Å². The van der Waals surface area contributed by atoms with Crippen LogP contribution in [0.25, 0.3) is 0 Å². The minimum absolute atomic E-state index is 0.0644.